The zero-order chi connectivity index (χ0) is 9.19. The third-order valence-electron chi connectivity index (χ3n) is 2.32. The van der Waals surface area contributed by atoms with Gasteiger partial charge in [-0.1, -0.05) is 6.92 Å². The molecule has 2 heteroatoms. The van der Waals surface area contributed by atoms with E-state index in [1.54, 1.807) is 13.2 Å². The summed E-state index contributed by atoms with van der Waals surface area (Å²) >= 11 is 0. The van der Waals surface area contributed by atoms with Gasteiger partial charge in [-0.2, -0.15) is 0 Å². The van der Waals surface area contributed by atoms with E-state index in [9.17, 15) is 4.39 Å². The third-order valence-corrected chi connectivity index (χ3v) is 2.32. The van der Waals surface area contributed by atoms with Crippen LogP contribution < -0.4 is 0 Å². The Morgan fingerprint density at radius 1 is 1.67 bits per heavy atom. The fourth-order valence-electron chi connectivity index (χ4n) is 1.33. The van der Waals surface area contributed by atoms with Gasteiger partial charge in [-0.3, -0.25) is 0 Å². The first kappa shape index (κ1) is 9.46. The monoisotopic (exact) mass is 170 g/mol. The Bertz CT molecular complexity index is 230. The Balaban J connectivity index is 2.87. The van der Waals surface area contributed by atoms with E-state index in [-0.39, 0.29) is 11.4 Å². The molecule has 0 aromatic carbocycles. The average Bonchev–Trinajstić information content (AvgIpc) is 2.10. The first-order chi connectivity index (χ1) is 5.61. The molecule has 0 bridgehead atoms. The van der Waals surface area contributed by atoms with Crippen molar-refractivity contribution in [3.05, 3.63) is 23.6 Å². The lowest BCUT2D eigenvalue weighted by molar-refractivity contribution is 0.0486. The highest BCUT2D eigenvalue weighted by atomic mass is 19.1. The molecule has 0 aromatic rings. The van der Waals surface area contributed by atoms with Gasteiger partial charge in [-0.15, -0.1) is 0 Å². The topological polar surface area (TPSA) is 9.23 Å². The molecule has 68 valence electrons. The molecule has 0 heterocycles. The van der Waals surface area contributed by atoms with E-state index < -0.39 is 0 Å². The average molecular weight is 170 g/mol. The van der Waals surface area contributed by atoms with Crippen LogP contribution in [0.1, 0.15) is 26.7 Å². The van der Waals surface area contributed by atoms with Gasteiger partial charge in [0, 0.05) is 13.5 Å². The molecule has 1 aliphatic carbocycles. The van der Waals surface area contributed by atoms with Gasteiger partial charge >= 0.3 is 0 Å². The Hall–Kier alpha value is -0.630. The molecule has 0 aromatic heterocycles. The zero-order valence-corrected chi connectivity index (χ0v) is 7.86. The largest absolute Gasteiger partial charge is 0.374 e. The lowest BCUT2D eigenvalue weighted by Crippen LogP contribution is -2.26. The fourth-order valence-corrected chi connectivity index (χ4v) is 1.33. The van der Waals surface area contributed by atoms with Crippen LogP contribution >= 0.6 is 0 Å². The second kappa shape index (κ2) is 3.40. The zero-order valence-electron chi connectivity index (χ0n) is 7.86. The Morgan fingerprint density at radius 2 is 2.33 bits per heavy atom. The lowest BCUT2D eigenvalue weighted by atomic mass is 9.91. The van der Waals surface area contributed by atoms with Crippen molar-refractivity contribution in [3.63, 3.8) is 0 Å². The molecular formula is C10H15FO. The van der Waals surface area contributed by atoms with Crippen LogP contribution in [0.5, 0.6) is 0 Å². The van der Waals surface area contributed by atoms with Gasteiger partial charge < -0.3 is 4.74 Å². The summed E-state index contributed by atoms with van der Waals surface area (Å²) in [7, 11) is 1.65. The SMILES string of the molecule is CCC1=CC(C)(OC)CC=C1F. The minimum atomic E-state index is -0.305. The second-order valence-corrected chi connectivity index (χ2v) is 3.30. The summed E-state index contributed by atoms with van der Waals surface area (Å²) in [4.78, 5) is 0. The number of hydrogen-bond acceptors (Lipinski definition) is 1. The quantitative estimate of drug-likeness (QED) is 0.619. The van der Waals surface area contributed by atoms with Gasteiger partial charge in [-0.25, -0.2) is 4.39 Å². The molecule has 0 spiro atoms. The van der Waals surface area contributed by atoms with Gasteiger partial charge in [0.15, 0.2) is 0 Å². The molecule has 1 nitrogen and oxygen atoms in total. The van der Waals surface area contributed by atoms with Crippen LogP contribution in [-0.4, -0.2) is 12.7 Å². The van der Waals surface area contributed by atoms with Crippen LogP contribution in [0.2, 0.25) is 0 Å². The third kappa shape index (κ3) is 1.75. The first-order valence-corrected chi connectivity index (χ1v) is 4.24. The number of ether oxygens (including phenoxy) is 1. The summed E-state index contributed by atoms with van der Waals surface area (Å²) < 4.78 is 18.3. The van der Waals surface area contributed by atoms with Gasteiger partial charge in [0.2, 0.25) is 0 Å². The van der Waals surface area contributed by atoms with Crippen molar-refractivity contribution in [3.8, 4) is 0 Å². The summed E-state index contributed by atoms with van der Waals surface area (Å²) in [6.45, 7) is 3.91. The number of allylic oxidation sites excluding steroid dienone is 2. The van der Waals surface area contributed by atoms with Crippen molar-refractivity contribution in [1.82, 2.24) is 0 Å². The predicted molar refractivity (Wildman–Crippen MR) is 47.6 cm³/mol. The summed E-state index contributed by atoms with van der Waals surface area (Å²) in [5, 5.41) is 0. The summed E-state index contributed by atoms with van der Waals surface area (Å²) in [5.41, 5.74) is 0.451. The molecule has 0 saturated carbocycles. The smallest absolute Gasteiger partial charge is 0.122 e. The standard InChI is InChI=1S/C10H15FO/c1-4-8-7-10(2,12-3)6-5-9(8)11/h5,7H,4,6H2,1-3H3. The van der Waals surface area contributed by atoms with Crippen LogP contribution in [-0.2, 0) is 4.74 Å². The predicted octanol–water partition coefficient (Wildman–Crippen LogP) is 2.99. The van der Waals surface area contributed by atoms with Gasteiger partial charge in [-0.05, 0) is 31.1 Å². The van der Waals surface area contributed by atoms with Crippen molar-refractivity contribution in [2.45, 2.75) is 32.3 Å². The minimum Gasteiger partial charge on any atom is -0.374 e. The lowest BCUT2D eigenvalue weighted by Gasteiger charge is -2.27. The molecule has 1 unspecified atom stereocenters. The number of methoxy groups -OCH3 is 1. The molecule has 0 amide bonds. The highest BCUT2D eigenvalue weighted by Gasteiger charge is 2.24. The van der Waals surface area contributed by atoms with Gasteiger partial charge in [0.1, 0.15) is 5.83 Å². The highest BCUT2D eigenvalue weighted by Crippen LogP contribution is 2.30. The summed E-state index contributed by atoms with van der Waals surface area (Å²) in [6.07, 6.45) is 4.82. The fraction of sp³-hybridized carbons (Fsp3) is 0.600. The molecule has 12 heavy (non-hydrogen) atoms. The minimum absolute atomic E-state index is 0.0907. The maximum Gasteiger partial charge on any atom is 0.122 e. The highest BCUT2D eigenvalue weighted by molar-refractivity contribution is 5.32. The molecule has 0 saturated heterocycles. The Morgan fingerprint density at radius 3 is 2.83 bits per heavy atom. The normalized spacial score (nSPS) is 29.7. The Kier molecular flexibility index (Phi) is 2.68. The van der Waals surface area contributed by atoms with Crippen LogP contribution in [0.4, 0.5) is 4.39 Å². The van der Waals surface area contributed by atoms with E-state index in [1.165, 1.54) is 0 Å². The van der Waals surface area contributed by atoms with Crippen molar-refractivity contribution in [2.75, 3.05) is 7.11 Å². The van der Waals surface area contributed by atoms with Crippen LogP contribution in [0.3, 0.4) is 0 Å². The van der Waals surface area contributed by atoms with E-state index in [0.717, 1.165) is 12.0 Å². The van der Waals surface area contributed by atoms with Crippen molar-refractivity contribution in [1.29, 1.82) is 0 Å². The molecule has 0 N–H and O–H groups in total. The molecule has 1 aliphatic rings. The maximum absolute atomic E-state index is 13.1. The molecule has 0 fully saturated rings. The van der Waals surface area contributed by atoms with E-state index in [2.05, 4.69) is 0 Å². The van der Waals surface area contributed by atoms with Crippen LogP contribution in [0.15, 0.2) is 23.6 Å². The van der Waals surface area contributed by atoms with Crippen molar-refractivity contribution < 1.29 is 9.13 Å². The molecule has 0 radical (unpaired) electrons. The van der Waals surface area contributed by atoms with Gasteiger partial charge in [0.05, 0.1) is 5.60 Å². The van der Waals surface area contributed by atoms with Crippen LogP contribution in [0.25, 0.3) is 0 Å². The molecular weight excluding hydrogens is 155 g/mol. The van der Waals surface area contributed by atoms with Crippen molar-refractivity contribution >= 4 is 0 Å². The second-order valence-electron chi connectivity index (χ2n) is 3.30. The van der Waals surface area contributed by atoms with E-state index in [4.69, 9.17) is 4.74 Å². The summed E-state index contributed by atoms with van der Waals surface area (Å²) in [5.74, 6) is -0.0907. The van der Waals surface area contributed by atoms with Gasteiger partial charge in [0.25, 0.3) is 0 Å². The first-order valence-electron chi connectivity index (χ1n) is 4.24. The van der Waals surface area contributed by atoms with E-state index in [1.807, 2.05) is 19.9 Å². The number of rotatable bonds is 2. The van der Waals surface area contributed by atoms with Crippen molar-refractivity contribution in [2.24, 2.45) is 0 Å². The maximum atomic E-state index is 13.1. The van der Waals surface area contributed by atoms with E-state index in [0.29, 0.717) is 6.42 Å². The molecule has 0 aliphatic heterocycles. The van der Waals surface area contributed by atoms with E-state index >= 15 is 0 Å². The number of halogens is 1. The Labute approximate surface area is 72.9 Å². The number of hydrogen-bond donors (Lipinski definition) is 0. The molecule has 1 rings (SSSR count). The van der Waals surface area contributed by atoms with Crippen LogP contribution in [0, 0.1) is 0 Å². The summed E-state index contributed by atoms with van der Waals surface area (Å²) in [6, 6.07) is 0. The molecule has 1 atom stereocenters.